The van der Waals surface area contributed by atoms with Crippen LogP contribution < -0.4 is 5.73 Å². The van der Waals surface area contributed by atoms with Gasteiger partial charge in [0.25, 0.3) is 6.02 Å². The average Bonchev–Trinajstić information content (AvgIpc) is 3.00. The van der Waals surface area contributed by atoms with E-state index < -0.39 is 30.4 Å². The number of hydrogen-bond donors (Lipinski definition) is 3. The lowest BCUT2D eigenvalue weighted by Gasteiger charge is -2.32. The first-order valence-corrected chi connectivity index (χ1v) is 6.36. The Morgan fingerprint density at radius 1 is 1.58 bits per heavy atom. The van der Waals surface area contributed by atoms with E-state index in [0.717, 1.165) is 6.42 Å². The summed E-state index contributed by atoms with van der Waals surface area (Å²) in [6, 6.07) is -0.835. The van der Waals surface area contributed by atoms with E-state index in [9.17, 15) is 15.0 Å². The van der Waals surface area contributed by atoms with E-state index in [2.05, 4.69) is 4.99 Å². The number of hydrogen-bond acceptors (Lipinski definition) is 7. The highest BCUT2D eigenvalue weighted by Gasteiger charge is 2.54. The van der Waals surface area contributed by atoms with Crippen LogP contribution >= 0.6 is 0 Å². The molecule has 2 saturated heterocycles. The van der Waals surface area contributed by atoms with Crippen LogP contribution in [0.4, 0.5) is 0 Å². The van der Waals surface area contributed by atoms with Crippen molar-refractivity contribution >= 4 is 12.0 Å². The third kappa shape index (κ3) is 1.96. The number of carboxylic acids is 1. The molecule has 0 amide bonds. The van der Waals surface area contributed by atoms with Gasteiger partial charge in [-0.3, -0.25) is 9.69 Å². The smallest absolute Gasteiger partial charge is 0.320 e. The normalized spacial score (nSPS) is 41.9. The molecule has 0 radical (unpaired) electrons. The quantitative estimate of drug-likeness (QED) is 0.562. The summed E-state index contributed by atoms with van der Waals surface area (Å²) in [5, 5.41) is 18.7. The van der Waals surface area contributed by atoms with Gasteiger partial charge in [-0.2, -0.15) is 4.99 Å². The minimum Gasteiger partial charge on any atom is -0.480 e. The summed E-state index contributed by atoms with van der Waals surface area (Å²) in [7, 11) is 0. The Morgan fingerprint density at radius 3 is 3.05 bits per heavy atom. The maximum atomic E-state index is 11.3. The first-order valence-electron chi connectivity index (χ1n) is 6.36. The van der Waals surface area contributed by atoms with Crippen LogP contribution in [0.15, 0.2) is 4.99 Å². The first kappa shape index (κ1) is 12.6. The van der Waals surface area contributed by atoms with Crippen LogP contribution in [0.5, 0.6) is 0 Å². The Hall–Kier alpha value is -1.38. The van der Waals surface area contributed by atoms with Crippen molar-refractivity contribution in [3.8, 4) is 0 Å². The summed E-state index contributed by atoms with van der Waals surface area (Å²) >= 11 is 0. The zero-order chi connectivity index (χ0) is 13.6. The van der Waals surface area contributed by atoms with Crippen LogP contribution in [-0.4, -0.2) is 70.8 Å². The van der Waals surface area contributed by atoms with E-state index in [4.69, 9.17) is 15.2 Å². The van der Waals surface area contributed by atoms with Crippen molar-refractivity contribution in [2.75, 3.05) is 13.2 Å². The second-order valence-electron chi connectivity index (χ2n) is 5.02. The van der Waals surface area contributed by atoms with Gasteiger partial charge in [-0.25, -0.2) is 0 Å². The third-order valence-corrected chi connectivity index (χ3v) is 3.97. The number of nitrogens with zero attached hydrogens (tertiary/aromatic N) is 2. The number of carboxylic acid groups (broad SMARTS) is 1. The van der Waals surface area contributed by atoms with E-state index in [-0.39, 0.29) is 18.7 Å². The predicted molar refractivity (Wildman–Crippen MR) is 63.4 cm³/mol. The molecule has 0 bridgehead atoms. The number of ether oxygens (including phenoxy) is 2. The lowest BCUT2D eigenvalue weighted by molar-refractivity contribution is -0.144. The minimum absolute atomic E-state index is 0.0578. The van der Waals surface area contributed by atoms with Gasteiger partial charge in [-0.15, -0.1) is 0 Å². The third-order valence-electron chi connectivity index (χ3n) is 3.97. The standard InChI is InChI=1S/C11H17N3O5/c12-11-13-9-8(19-11)7(6(4-15)18-9)14-3-1-2-5(14)10(16)17/h5-9,15H,1-4H2,(H2,12,13)(H,16,17)/t5-,6+,7+,8?,9?/m0/s1. The Labute approximate surface area is 109 Å². The molecule has 4 N–H and O–H groups in total. The number of likely N-dealkylation sites (tertiary alicyclic amines) is 1. The molecule has 3 rings (SSSR count). The Morgan fingerprint density at radius 2 is 2.37 bits per heavy atom. The van der Waals surface area contributed by atoms with Crippen molar-refractivity contribution in [3.63, 3.8) is 0 Å². The molecule has 5 atom stereocenters. The van der Waals surface area contributed by atoms with Gasteiger partial charge in [0.05, 0.1) is 12.6 Å². The van der Waals surface area contributed by atoms with Crippen LogP contribution in [0.1, 0.15) is 12.8 Å². The topological polar surface area (TPSA) is 118 Å². The zero-order valence-electron chi connectivity index (χ0n) is 10.3. The molecule has 0 aromatic carbocycles. The maximum Gasteiger partial charge on any atom is 0.320 e. The van der Waals surface area contributed by atoms with Gasteiger partial charge in [-0.1, -0.05) is 0 Å². The van der Waals surface area contributed by atoms with E-state index in [0.29, 0.717) is 13.0 Å². The number of aliphatic hydroxyl groups is 1. The summed E-state index contributed by atoms with van der Waals surface area (Å²) in [6.45, 7) is 0.452. The second-order valence-corrected chi connectivity index (χ2v) is 5.02. The molecular formula is C11H17N3O5. The SMILES string of the molecule is NC1=NC2O[C@H](CO)[C@@H](N3CCC[C@H]3C(=O)O)C2O1. The monoisotopic (exact) mass is 271 g/mol. The number of rotatable bonds is 3. The highest BCUT2D eigenvalue weighted by molar-refractivity contribution is 5.74. The molecule has 3 heterocycles. The highest BCUT2D eigenvalue weighted by atomic mass is 16.6. The largest absolute Gasteiger partial charge is 0.480 e. The fraction of sp³-hybridized carbons (Fsp3) is 0.818. The van der Waals surface area contributed by atoms with Gasteiger partial charge in [0.1, 0.15) is 12.1 Å². The lowest BCUT2D eigenvalue weighted by Crippen LogP contribution is -2.53. The predicted octanol–water partition coefficient (Wildman–Crippen LogP) is -1.67. The average molecular weight is 271 g/mol. The summed E-state index contributed by atoms with van der Waals surface area (Å²) in [5.41, 5.74) is 5.52. The van der Waals surface area contributed by atoms with Crippen molar-refractivity contribution in [1.29, 1.82) is 0 Å². The fourth-order valence-electron chi connectivity index (χ4n) is 3.21. The maximum absolute atomic E-state index is 11.3. The van der Waals surface area contributed by atoms with E-state index >= 15 is 0 Å². The van der Waals surface area contributed by atoms with Crippen LogP contribution in [0.3, 0.4) is 0 Å². The van der Waals surface area contributed by atoms with Gasteiger partial charge in [-0.05, 0) is 19.4 Å². The molecule has 19 heavy (non-hydrogen) atoms. The fourth-order valence-corrected chi connectivity index (χ4v) is 3.21. The number of aliphatic hydroxyl groups excluding tert-OH is 1. The second kappa shape index (κ2) is 4.62. The van der Waals surface area contributed by atoms with Gasteiger partial charge >= 0.3 is 5.97 Å². The molecule has 2 fully saturated rings. The van der Waals surface area contributed by atoms with E-state index in [1.54, 1.807) is 0 Å². The number of nitrogens with two attached hydrogens (primary N) is 1. The number of aliphatic imine (C=N–C) groups is 1. The summed E-state index contributed by atoms with van der Waals surface area (Å²) < 4.78 is 11.0. The molecule has 8 heteroatoms. The van der Waals surface area contributed by atoms with Crippen LogP contribution in [0.2, 0.25) is 0 Å². The number of amidine groups is 1. The molecule has 0 spiro atoms. The van der Waals surface area contributed by atoms with Crippen molar-refractivity contribution in [1.82, 2.24) is 4.90 Å². The number of carbonyl (C=O) groups is 1. The number of fused-ring (bicyclic) bond motifs is 1. The van der Waals surface area contributed by atoms with Crippen molar-refractivity contribution in [2.24, 2.45) is 10.7 Å². The summed E-state index contributed by atoms with van der Waals surface area (Å²) in [5.74, 6) is -0.857. The van der Waals surface area contributed by atoms with Crippen molar-refractivity contribution in [3.05, 3.63) is 0 Å². The number of aliphatic carboxylic acids is 1. The molecule has 0 saturated carbocycles. The molecule has 106 valence electrons. The molecular weight excluding hydrogens is 254 g/mol. The molecule has 0 aliphatic carbocycles. The highest BCUT2D eigenvalue weighted by Crippen LogP contribution is 2.35. The van der Waals surface area contributed by atoms with Crippen LogP contribution in [0, 0.1) is 0 Å². The Bertz CT molecular complexity index is 415. The molecule has 8 nitrogen and oxygen atoms in total. The summed E-state index contributed by atoms with van der Waals surface area (Å²) in [6.07, 6.45) is -0.0714. The van der Waals surface area contributed by atoms with Crippen LogP contribution in [0.25, 0.3) is 0 Å². The van der Waals surface area contributed by atoms with E-state index in [1.807, 2.05) is 4.90 Å². The molecule has 3 aliphatic heterocycles. The summed E-state index contributed by atoms with van der Waals surface area (Å²) in [4.78, 5) is 17.1. The molecule has 0 aromatic rings. The Kier molecular flexibility index (Phi) is 3.08. The van der Waals surface area contributed by atoms with Gasteiger partial charge < -0.3 is 25.4 Å². The van der Waals surface area contributed by atoms with Gasteiger partial charge in [0.2, 0.25) is 0 Å². The zero-order valence-corrected chi connectivity index (χ0v) is 10.3. The molecule has 3 aliphatic rings. The lowest BCUT2D eigenvalue weighted by atomic mass is 10.0. The minimum atomic E-state index is -0.857. The van der Waals surface area contributed by atoms with Crippen molar-refractivity contribution < 1.29 is 24.5 Å². The van der Waals surface area contributed by atoms with Crippen molar-refractivity contribution in [2.45, 2.75) is 43.4 Å². The molecule has 0 aromatic heterocycles. The molecule has 2 unspecified atom stereocenters. The van der Waals surface area contributed by atoms with Gasteiger partial charge in [0.15, 0.2) is 12.3 Å². The van der Waals surface area contributed by atoms with E-state index in [1.165, 1.54) is 0 Å². The first-order chi connectivity index (χ1) is 9.11. The Balaban J connectivity index is 1.83. The van der Waals surface area contributed by atoms with Gasteiger partial charge in [0, 0.05) is 0 Å². The van der Waals surface area contributed by atoms with Crippen LogP contribution in [-0.2, 0) is 14.3 Å².